The number of rotatable bonds is 5. The molecule has 4 N–H and O–H groups in total. The number of benzene rings is 3. The molecule has 1 aliphatic rings. The Morgan fingerprint density at radius 3 is 2.51 bits per heavy atom. The molecule has 35 heavy (non-hydrogen) atoms. The number of amides is 3. The van der Waals surface area contributed by atoms with Crippen molar-refractivity contribution < 1.29 is 24.2 Å². The fourth-order valence-electron chi connectivity index (χ4n) is 3.19. The van der Waals surface area contributed by atoms with E-state index in [1.54, 1.807) is 61.7 Å². The molecule has 4 rings (SSSR count). The molecule has 0 spiro atoms. The Kier molecular flexibility index (Phi) is 7.07. The zero-order valence-electron chi connectivity index (χ0n) is 18.5. The van der Waals surface area contributed by atoms with E-state index in [0.717, 1.165) is 0 Å². The maximum absolute atomic E-state index is 12.5. The van der Waals surface area contributed by atoms with Crippen molar-refractivity contribution in [3.05, 3.63) is 72.3 Å². The highest BCUT2D eigenvalue weighted by molar-refractivity contribution is 7.80. The Morgan fingerprint density at radius 2 is 1.80 bits per heavy atom. The van der Waals surface area contributed by atoms with Gasteiger partial charge in [0.2, 0.25) is 0 Å². The van der Waals surface area contributed by atoms with E-state index < -0.39 is 6.03 Å². The van der Waals surface area contributed by atoms with Crippen LogP contribution >= 0.6 is 12.2 Å². The number of hydrazone groups is 1. The molecule has 0 unspecified atom stereocenters. The minimum atomic E-state index is -0.569. The quantitative estimate of drug-likeness (QED) is 0.244. The summed E-state index contributed by atoms with van der Waals surface area (Å²) in [5, 5.41) is 19.0. The van der Waals surface area contributed by atoms with Gasteiger partial charge in [-0.15, -0.1) is 0 Å². The number of phenols is 1. The highest BCUT2D eigenvalue weighted by atomic mass is 32.1. The van der Waals surface area contributed by atoms with Crippen molar-refractivity contribution in [2.45, 2.75) is 0 Å². The van der Waals surface area contributed by atoms with Gasteiger partial charge in [0.05, 0.1) is 19.0 Å². The smallest absolute Gasteiger partial charge is 0.339 e. The molecule has 178 valence electrons. The van der Waals surface area contributed by atoms with Crippen LogP contribution in [0, 0.1) is 0 Å². The first-order valence-electron chi connectivity index (χ1n) is 10.4. The van der Waals surface area contributed by atoms with Gasteiger partial charge in [0.15, 0.2) is 11.7 Å². The second-order valence-corrected chi connectivity index (χ2v) is 7.66. The van der Waals surface area contributed by atoms with Crippen molar-refractivity contribution in [1.82, 2.24) is 5.43 Å². The molecule has 0 radical (unpaired) electrons. The lowest BCUT2D eigenvalue weighted by Gasteiger charge is -2.30. The van der Waals surface area contributed by atoms with E-state index in [4.69, 9.17) is 21.7 Å². The monoisotopic (exact) mass is 491 g/mol. The van der Waals surface area contributed by atoms with Crippen molar-refractivity contribution >= 4 is 52.5 Å². The number of urea groups is 1. The summed E-state index contributed by atoms with van der Waals surface area (Å²) in [4.78, 5) is 26.1. The van der Waals surface area contributed by atoms with Crippen molar-refractivity contribution in [2.75, 3.05) is 29.3 Å². The number of hydrogen-bond acceptors (Lipinski definition) is 7. The molecule has 1 heterocycles. The summed E-state index contributed by atoms with van der Waals surface area (Å²) in [6, 6.07) is 17.7. The van der Waals surface area contributed by atoms with Gasteiger partial charge in [-0.3, -0.25) is 9.69 Å². The number of phenolic OH excluding ortho intramolecular Hbond substituents is 1. The number of nitrogens with one attached hydrogen (secondary N) is 3. The van der Waals surface area contributed by atoms with Crippen LogP contribution in [-0.2, 0) is 4.79 Å². The summed E-state index contributed by atoms with van der Waals surface area (Å²) >= 11 is 5.47. The predicted molar refractivity (Wildman–Crippen MR) is 136 cm³/mol. The molecule has 0 fully saturated rings. The normalized spacial score (nSPS) is 12.5. The number of carbonyl (C=O) groups excluding carboxylic acids is 2. The van der Waals surface area contributed by atoms with Crippen molar-refractivity contribution in [3.8, 4) is 17.2 Å². The molecule has 0 saturated carbocycles. The summed E-state index contributed by atoms with van der Waals surface area (Å²) in [6.45, 7) is -0.204. The summed E-state index contributed by atoms with van der Waals surface area (Å²) in [5.74, 6) is 0.892. The van der Waals surface area contributed by atoms with E-state index in [9.17, 15) is 14.7 Å². The van der Waals surface area contributed by atoms with Crippen molar-refractivity contribution in [2.24, 2.45) is 5.10 Å². The van der Waals surface area contributed by atoms with E-state index in [0.29, 0.717) is 34.1 Å². The molecule has 0 aromatic heterocycles. The van der Waals surface area contributed by atoms with E-state index in [1.165, 1.54) is 23.2 Å². The lowest BCUT2D eigenvalue weighted by Crippen LogP contribution is -2.45. The minimum Gasteiger partial charge on any atom is -0.508 e. The van der Waals surface area contributed by atoms with Gasteiger partial charge in [0, 0.05) is 17.4 Å². The van der Waals surface area contributed by atoms with Crippen LogP contribution in [0.25, 0.3) is 0 Å². The number of thiocarbonyl (C=S) groups is 1. The van der Waals surface area contributed by atoms with Gasteiger partial charge in [0.25, 0.3) is 5.91 Å². The third kappa shape index (κ3) is 5.84. The number of nitrogens with zero attached hydrogens (tertiary/aromatic N) is 2. The molecule has 10 nitrogen and oxygen atoms in total. The standard InChI is InChI=1S/C24H21N5O5S/c1-33-19-9-4-16(5-10-19)27-24(35)29-20-11-6-17(12-21(20)34-14-22(29)31)26-23(32)28-25-13-15-2-7-18(30)8-3-15/h2-13,30H,14H2,1H3,(H,27,35)(H2,26,28,32)/b25-13+. The molecule has 0 bridgehead atoms. The Bertz CT molecular complexity index is 1280. The van der Waals surface area contributed by atoms with Crippen LogP contribution < -0.4 is 30.4 Å². The van der Waals surface area contributed by atoms with Crippen LogP contribution in [0.2, 0.25) is 0 Å². The molecular formula is C24H21N5O5S. The highest BCUT2D eigenvalue weighted by Gasteiger charge is 2.29. The molecule has 0 aliphatic carbocycles. The maximum atomic E-state index is 12.5. The molecule has 1 aliphatic heterocycles. The minimum absolute atomic E-state index is 0.139. The van der Waals surface area contributed by atoms with Gasteiger partial charge in [-0.25, -0.2) is 10.2 Å². The van der Waals surface area contributed by atoms with Gasteiger partial charge in [-0.1, -0.05) is 0 Å². The molecule has 11 heteroatoms. The number of anilines is 3. The summed E-state index contributed by atoms with van der Waals surface area (Å²) in [5.41, 5.74) is 4.63. The zero-order chi connectivity index (χ0) is 24.8. The predicted octanol–water partition coefficient (Wildman–Crippen LogP) is 3.68. The van der Waals surface area contributed by atoms with Crippen molar-refractivity contribution in [1.29, 1.82) is 0 Å². The fourth-order valence-corrected chi connectivity index (χ4v) is 3.51. The first-order chi connectivity index (χ1) is 16.9. The second-order valence-electron chi connectivity index (χ2n) is 7.27. The molecule has 3 aromatic rings. The van der Waals surface area contributed by atoms with Gasteiger partial charge in [-0.05, 0) is 78.4 Å². The number of carbonyl (C=O) groups is 2. The van der Waals surface area contributed by atoms with Crippen LogP contribution in [0.1, 0.15) is 5.56 Å². The average Bonchev–Trinajstić information content (AvgIpc) is 2.85. The van der Waals surface area contributed by atoms with Gasteiger partial charge >= 0.3 is 6.03 Å². The first-order valence-corrected chi connectivity index (χ1v) is 10.8. The third-order valence-electron chi connectivity index (χ3n) is 4.88. The Labute approximate surface area is 206 Å². The lowest BCUT2D eigenvalue weighted by molar-refractivity contribution is -0.120. The van der Waals surface area contributed by atoms with Crippen LogP contribution in [0.4, 0.5) is 21.9 Å². The number of aromatic hydroxyl groups is 1. The van der Waals surface area contributed by atoms with Crippen LogP contribution in [-0.4, -0.2) is 42.1 Å². The summed E-state index contributed by atoms with van der Waals surface area (Å²) < 4.78 is 10.7. The van der Waals surface area contributed by atoms with E-state index in [2.05, 4.69) is 21.2 Å². The first kappa shape index (κ1) is 23.5. The maximum Gasteiger partial charge on any atom is 0.339 e. The number of methoxy groups -OCH3 is 1. The van der Waals surface area contributed by atoms with Crippen LogP contribution in [0.15, 0.2) is 71.8 Å². The summed E-state index contributed by atoms with van der Waals surface area (Å²) in [6.07, 6.45) is 1.44. The SMILES string of the molecule is COc1ccc(NC(=S)N2C(=O)COc3cc(NC(=O)N/N=C/c4ccc(O)cc4)ccc32)cc1. The fraction of sp³-hybridized carbons (Fsp3) is 0.0833. The summed E-state index contributed by atoms with van der Waals surface area (Å²) in [7, 11) is 1.58. The Morgan fingerprint density at radius 1 is 1.09 bits per heavy atom. The highest BCUT2D eigenvalue weighted by Crippen LogP contribution is 2.35. The number of ether oxygens (including phenoxy) is 2. The second kappa shape index (κ2) is 10.5. The lowest BCUT2D eigenvalue weighted by atomic mass is 10.2. The average molecular weight is 492 g/mol. The van der Waals surface area contributed by atoms with Crippen molar-refractivity contribution in [3.63, 3.8) is 0 Å². The largest absolute Gasteiger partial charge is 0.508 e. The van der Waals surface area contributed by atoms with Gasteiger partial charge < -0.3 is 25.2 Å². The molecule has 3 amide bonds. The molecule has 3 aromatic carbocycles. The topological polar surface area (TPSA) is 125 Å². The Balaban J connectivity index is 1.41. The van der Waals surface area contributed by atoms with Crippen LogP contribution in [0.5, 0.6) is 17.2 Å². The van der Waals surface area contributed by atoms with Crippen LogP contribution in [0.3, 0.4) is 0 Å². The van der Waals surface area contributed by atoms with Gasteiger partial charge in [-0.2, -0.15) is 5.10 Å². The van der Waals surface area contributed by atoms with E-state index in [1.807, 2.05) is 0 Å². The Hall–Kier alpha value is -4.64. The third-order valence-corrected chi connectivity index (χ3v) is 5.16. The van der Waals surface area contributed by atoms with E-state index in [-0.39, 0.29) is 23.4 Å². The number of fused-ring (bicyclic) bond motifs is 1. The zero-order valence-corrected chi connectivity index (χ0v) is 19.3. The molecule has 0 saturated heterocycles. The molecular weight excluding hydrogens is 470 g/mol. The van der Waals surface area contributed by atoms with Gasteiger partial charge in [0.1, 0.15) is 17.2 Å². The number of hydrogen-bond donors (Lipinski definition) is 4. The molecule has 0 atom stereocenters. The van der Waals surface area contributed by atoms with E-state index >= 15 is 0 Å².